The van der Waals surface area contributed by atoms with Crippen LogP contribution in [0, 0.1) is 11.3 Å². The molecule has 3 heteroatoms. The van der Waals surface area contributed by atoms with E-state index >= 15 is 0 Å². The maximum Gasteiger partial charge on any atom is 0.234 e. The Bertz CT molecular complexity index is 149. The van der Waals surface area contributed by atoms with Crippen molar-refractivity contribution in [2.45, 2.75) is 32.6 Å². The molecule has 0 atom stereocenters. The molecule has 0 saturated heterocycles. The fourth-order valence-corrected chi connectivity index (χ4v) is 0.737. The minimum absolute atomic E-state index is 0.0217. The van der Waals surface area contributed by atoms with E-state index in [9.17, 15) is 4.79 Å². The van der Waals surface area contributed by atoms with E-state index in [1.165, 1.54) is 0 Å². The van der Waals surface area contributed by atoms with Gasteiger partial charge < -0.3 is 5.32 Å². The lowest BCUT2D eigenvalue weighted by molar-refractivity contribution is -0.120. The molecule has 0 aromatic rings. The number of carbonyl (C=O) groups excluding carboxylic acids is 1. The normalized spacial score (nSPS) is 8.73. The van der Waals surface area contributed by atoms with Crippen LogP contribution in [0.25, 0.3) is 0 Å². The highest BCUT2D eigenvalue weighted by Gasteiger charge is 1.96. The van der Waals surface area contributed by atoms with E-state index in [-0.39, 0.29) is 12.3 Å². The van der Waals surface area contributed by atoms with Gasteiger partial charge in [-0.3, -0.25) is 4.79 Å². The van der Waals surface area contributed by atoms with E-state index in [1.54, 1.807) is 6.07 Å². The fourth-order valence-electron chi connectivity index (χ4n) is 0.737. The topological polar surface area (TPSA) is 52.9 Å². The zero-order chi connectivity index (χ0) is 8.53. The van der Waals surface area contributed by atoms with Crippen molar-refractivity contribution in [2.75, 3.05) is 6.54 Å². The number of amides is 1. The smallest absolute Gasteiger partial charge is 0.234 e. The number of nitrogens with one attached hydrogen (secondary N) is 1. The molecule has 0 radical (unpaired) electrons. The van der Waals surface area contributed by atoms with Crippen LogP contribution < -0.4 is 5.32 Å². The molecule has 0 fully saturated rings. The van der Waals surface area contributed by atoms with Gasteiger partial charge in [-0.1, -0.05) is 19.8 Å². The number of carbonyl (C=O) groups is 1. The van der Waals surface area contributed by atoms with Crippen LogP contribution >= 0.6 is 0 Å². The lowest BCUT2D eigenvalue weighted by Crippen LogP contribution is -2.23. The van der Waals surface area contributed by atoms with Crippen molar-refractivity contribution < 1.29 is 4.79 Å². The number of unbranched alkanes of at least 4 members (excludes halogenated alkanes) is 2. The van der Waals surface area contributed by atoms with E-state index in [0.717, 1.165) is 19.3 Å². The minimum Gasteiger partial charge on any atom is -0.355 e. The van der Waals surface area contributed by atoms with Gasteiger partial charge in [-0.15, -0.1) is 0 Å². The average molecular weight is 154 g/mol. The molecule has 1 amide bonds. The molecule has 0 aromatic heterocycles. The number of hydrogen-bond donors (Lipinski definition) is 1. The number of hydrogen-bond acceptors (Lipinski definition) is 2. The fraction of sp³-hybridized carbons (Fsp3) is 0.750. The Morgan fingerprint density at radius 2 is 2.27 bits per heavy atom. The molecule has 0 aliphatic carbocycles. The van der Waals surface area contributed by atoms with Gasteiger partial charge in [0.1, 0.15) is 6.42 Å². The van der Waals surface area contributed by atoms with E-state index in [1.807, 2.05) is 0 Å². The first-order chi connectivity index (χ1) is 5.31. The SMILES string of the molecule is CCCCCNC(=O)CC#N. The van der Waals surface area contributed by atoms with Crippen molar-refractivity contribution in [2.24, 2.45) is 0 Å². The highest BCUT2D eigenvalue weighted by molar-refractivity contribution is 5.77. The first-order valence-electron chi connectivity index (χ1n) is 3.95. The van der Waals surface area contributed by atoms with Gasteiger partial charge in [0.25, 0.3) is 0 Å². The molecule has 62 valence electrons. The van der Waals surface area contributed by atoms with Crippen LogP contribution in [0.4, 0.5) is 0 Å². The highest BCUT2D eigenvalue weighted by Crippen LogP contribution is 1.91. The Labute approximate surface area is 67.4 Å². The standard InChI is InChI=1S/C8H14N2O/c1-2-3-4-7-10-8(11)5-6-9/h2-5,7H2,1H3,(H,10,11). The van der Waals surface area contributed by atoms with Gasteiger partial charge in [0, 0.05) is 6.54 Å². The molecule has 11 heavy (non-hydrogen) atoms. The zero-order valence-electron chi connectivity index (χ0n) is 6.89. The predicted octanol–water partition coefficient (Wildman–Crippen LogP) is 1.21. The second-order valence-electron chi connectivity index (χ2n) is 2.39. The summed E-state index contributed by atoms with van der Waals surface area (Å²) in [6, 6.07) is 1.80. The molecule has 1 N–H and O–H groups in total. The second kappa shape index (κ2) is 7.07. The Morgan fingerprint density at radius 1 is 1.55 bits per heavy atom. The number of rotatable bonds is 5. The molecule has 0 unspecified atom stereocenters. The monoisotopic (exact) mass is 154 g/mol. The first kappa shape index (κ1) is 9.96. The zero-order valence-corrected chi connectivity index (χ0v) is 6.89. The Kier molecular flexibility index (Phi) is 6.40. The Morgan fingerprint density at radius 3 is 2.82 bits per heavy atom. The predicted molar refractivity (Wildman–Crippen MR) is 42.8 cm³/mol. The van der Waals surface area contributed by atoms with Gasteiger partial charge >= 0.3 is 0 Å². The van der Waals surface area contributed by atoms with Crippen LogP contribution in [0.5, 0.6) is 0 Å². The van der Waals surface area contributed by atoms with Crippen molar-refractivity contribution in [3.8, 4) is 6.07 Å². The summed E-state index contributed by atoms with van der Waals surface area (Å²) in [6.45, 7) is 2.81. The van der Waals surface area contributed by atoms with Gasteiger partial charge in [-0.2, -0.15) is 5.26 Å². The summed E-state index contributed by atoms with van der Waals surface area (Å²) < 4.78 is 0. The average Bonchev–Trinajstić information content (AvgIpc) is 1.99. The minimum atomic E-state index is -0.163. The summed E-state index contributed by atoms with van der Waals surface area (Å²) in [7, 11) is 0. The molecule has 0 spiro atoms. The van der Waals surface area contributed by atoms with Crippen LogP contribution in [0.3, 0.4) is 0 Å². The Balaban J connectivity index is 3.12. The molecule has 0 heterocycles. The van der Waals surface area contributed by atoms with Crippen LogP contribution in [0.15, 0.2) is 0 Å². The largest absolute Gasteiger partial charge is 0.355 e. The third kappa shape index (κ3) is 6.85. The van der Waals surface area contributed by atoms with Crippen LogP contribution in [0.1, 0.15) is 32.6 Å². The van der Waals surface area contributed by atoms with Crippen LogP contribution in [-0.4, -0.2) is 12.5 Å². The summed E-state index contributed by atoms with van der Waals surface area (Å²) in [5.41, 5.74) is 0. The third-order valence-electron chi connectivity index (χ3n) is 1.34. The van der Waals surface area contributed by atoms with Crippen LogP contribution in [0.2, 0.25) is 0 Å². The van der Waals surface area contributed by atoms with Crippen molar-refractivity contribution in [3.63, 3.8) is 0 Å². The van der Waals surface area contributed by atoms with E-state index in [2.05, 4.69) is 12.2 Å². The van der Waals surface area contributed by atoms with Crippen molar-refractivity contribution in [1.82, 2.24) is 5.32 Å². The van der Waals surface area contributed by atoms with Gasteiger partial charge in [-0.05, 0) is 6.42 Å². The number of nitriles is 1. The summed E-state index contributed by atoms with van der Waals surface area (Å²) in [6.07, 6.45) is 3.26. The van der Waals surface area contributed by atoms with E-state index in [4.69, 9.17) is 5.26 Å². The van der Waals surface area contributed by atoms with Crippen LogP contribution in [-0.2, 0) is 4.79 Å². The molecule has 0 aromatic carbocycles. The summed E-state index contributed by atoms with van der Waals surface area (Å²) in [4.78, 5) is 10.7. The summed E-state index contributed by atoms with van der Waals surface area (Å²) in [5.74, 6) is -0.163. The molecule has 0 aliphatic rings. The number of nitrogens with zero attached hydrogens (tertiary/aromatic N) is 1. The maximum absolute atomic E-state index is 10.7. The molecular formula is C8H14N2O. The second-order valence-corrected chi connectivity index (χ2v) is 2.39. The summed E-state index contributed by atoms with van der Waals surface area (Å²) >= 11 is 0. The lowest BCUT2D eigenvalue weighted by Gasteiger charge is -1.99. The molecule has 0 aliphatic heterocycles. The van der Waals surface area contributed by atoms with E-state index < -0.39 is 0 Å². The van der Waals surface area contributed by atoms with Crippen molar-refractivity contribution in [1.29, 1.82) is 5.26 Å². The maximum atomic E-state index is 10.7. The third-order valence-corrected chi connectivity index (χ3v) is 1.34. The van der Waals surface area contributed by atoms with Crippen molar-refractivity contribution >= 4 is 5.91 Å². The molecular weight excluding hydrogens is 140 g/mol. The Hall–Kier alpha value is -1.04. The molecule has 0 bridgehead atoms. The van der Waals surface area contributed by atoms with Gasteiger partial charge in [0.05, 0.1) is 6.07 Å². The quantitative estimate of drug-likeness (QED) is 0.605. The van der Waals surface area contributed by atoms with Gasteiger partial charge in [0.15, 0.2) is 0 Å². The van der Waals surface area contributed by atoms with E-state index in [0.29, 0.717) is 6.54 Å². The highest BCUT2D eigenvalue weighted by atomic mass is 16.1. The van der Waals surface area contributed by atoms with Gasteiger partial charge in [-0.25, -0.2) is 0 Å². The molecule has 0 saturated carbocycles. The van der Waals surface area contributed by atoms with Crippen molar-refractivity contribution in [3.05, 3.63) is 0 Å². The summed E-state index contributed by atoms with van der Waals surface area (Å²) in [5, 5.41) is 10.8. The lowest BCUT2D eigenvalue weighted by atomic mass is 10.2. The first-order valence-corrected chi connectivity index (χ1v) is 3.95. The molecule has 0 rings (SSSR count). The molecule has 3 nitrogen and oxygen atoms in total. The van der Waals surface area contributed by atoms with Gasteiger partial charge in [0.2, 0.25) is 5.91 Å².